The zero-order chi connectivity index (χ0) is 22.7. The van der Waals surface area contributed by atoms with Crippen LogP contribution in [0.2, 0.25) is 0 Å². The third kappa shape index (κ3) is 4.34. The number of rotatable bonds is 6. The van der Waals surface area contributed by atoms with E-state index in [1.807, 2.05) is 74.5 Å². The van der Waals surface area contributed by atoms with Gasteiger partial charge < -0.3 is 21.7 Å². The van der Waals surface area contributed by atoms with Gasteiger partial charge in [0.25, 0.3) is 5.91 Å². The molecule has 0 aromatic heterocycles. The predicted molar refractivity (Wildman–Crippen MR) is 131 cm³/mol. The Morgan fingerprint density at radius 3 is 2.28 bits per heavy atom. The number of carbonyl (C=O) groups is 2. The lowest BCUT2D eigenvalue weighted by atomic mass is 9.99. The Kier molecular flexibility index (Phi) is 5.94. The molecule has 1 aliphatic rings. The quantitative estimate of drug-likeness (QED) is 0.322. The molecule has 6 nitrogen and oxygen atoms in total. The van der Waals surface area contributed by atoms with Gasteiger partial charge in [-0.05, 0) is 54.4 Å². The van der Waals surface area contributed by atoms with E-state index < -0.39 is 0 Å². The minimum absolute atomic E-state index is 0.00266. The molecule has 6 heteroatoms. The van der Waals surface area contributed by atoms with Gasteiger partial charge in [0.1, 0.15) is 0 Å². The van der Waals surface area contributed by atoms with Crippen molar-refractivity contribution in [1.82, 2.24) is 0 Å². The van der Waals surface area contributed by atoms with Crippen molar-refractivity contribution in [2.45, 2.75) is 20.3 Å². The molecule has 1 heterocycles. The molecular formula is C26H26N4O2. The van der Waals surface area contributed by atoms with Gasteiger partial charge in [-0.3, -0.25) is 9.59 Å². The maximum atomic E-state index is 12.9. The van der Waals surface area contributed by atoms with E-state index in [1.165, 1.54) is 0 Å². The van der Waals surface area contributed by atoms with Crippen LogP contribution in [0.15, 0.2) is 72.8 Å². The second-order valence-electron chi connectivity index (χ2n) is 7.88. The average Bonchev–Trinajstić information content (AvgIpc) is 3.13. The molecule has 0 radical (unpaired) electrons. The highest BCUT2D eigenvalue weighted by molar-refractivity contribution is 6.37. The highest BCUT2D eigenvalue weighted by atomic mass is 16.2. The van der Waals surface area contributed by atoms with Crippen molar-refractivity contribution in [3.8, 4) is 0 Å². The molecule has 32 heavy (non-hydrogen) atoms. The van der Waals surface area contributed by atoms with Gasteiger partial charge in [-0.2, -0.15) is 0 Å². The van der Waals surface area contributed by atoms with Gasteiger partial charge in [0.2, 0.25) is 5.91 Å². The summed E-state index contributed by atoms with van der Waals surface area (Å²) in [6, 6.07) is 22.5. The molecule has 2 amide bonds. The zero-order valence-electron chi connectivity index (χ0n) is 18.1. The molecular weight excluding hydrogens is 400 g/mol. The standard InChI is InChI=1S/C26H26N4O2/c1-3-16(2)25(31)29-20-12-10-19(11-13-20)28-24(17-7-5-4-6-8-17)23-21-15-18(27)9-14-22(21)30-26(23)32/h4-16,28H,3,27H2,1-2H3,(H,29,31)(H,30,32)/b24-23-. The maximum Gasteiger partial charge on any atom is 0.258 e. The lowest BCUT2D eigenvalue weighted by Crippen LogP contribution is -2.19. The Bertz CT molecular complexity index is 1180. The van der Waals surface area contributed by atoms with Crippen LogP contribution in [-0.2, 0) is 9.59 Å². The van der Waals surface area contributed by atoms with Crippen LogP contribution in [0.3, 0.4) is 0 Å². The van der Waals surface area contributed by atoms with Crippen molar-refractivity contribution in [2.75, 3.05) is 21.7 Å². The molecule has 162 valence electrons. The summed E-state index contributed by atoms with van der Waals surface area (Å²) in [5, 5.41) is 9.25. The van der Waals surface area contributed by atoms with Gasteiger partial charge in [-0.25, -0.2) is 0 Å². The molecule has 1 aliphatic heterocycles. The van der Waals surface area contributed by atoms with Crippen LogP contribution >= 0.6 is 0 Å². The molecule has 0 saturated heterocycles. The monoisotopic (exact) mass is 426 g/mol. The second-order valence-corrected chi connectivity index (χ2v) is 7.88. The van der Waals surface area contributed by atoms with E-state index in [1.54, 1.807) is 12.1 Å². The minimum atomic E-state index is -0.186. The number of benzene rings is 3. The lowest BCUT2D eigenvalue weighted by molar-refractivity contribution is -0.119. The predicted octanol–water partition coefficient (Wildman–Crippen LogP) is 5.19. The van der Waals surface area contributed by atoms with Crippen LogP contribution in [0, 0.1) is 5.92 Å². The number of fused-ring (bicyclic) bond motifs is 1. The molecule has 0 fully saturated rings. The molecule has 1 atom stereocenters. The lowest BCUT2D eigenvalue weighted by Gasteiger charge is -2.16. The second kappa shape index (κ2) is 8.98. The molecule has 0 spiro atoms. The number of nitrogen functional groups attached to an aromatic ring is 1. The molecule has 0 bridgehead atoms. The summed E-state index contributed by atoms with van der Waals surface area (Å²) in [5.41, 5.74) is 11.7. The third-order valence-electron chi connectivity index (χ3n) is 5.58. The van der Waals surface area contributed by atoms with Gasteiger partial charge in [-0.1, -0.05) is 44.2 Å². The van der Waals surface area contributed by atoms with E-state index in [0.717, 1.165) is 34.6 Å². The van der Waals surface area contributed by atoms with Crippen molar-refractivity contribution in [1.29, 1.82) is 0 Å². The summed E-state index contributed by atoms with van der Waals surface area (Å²) < 4.78 is 0. The average molecular weight is 427 g/mol. The number of hydrogen-bond acceptors (Lipinski definition) is 4. The Labute approximate surface area is 187 Å². The molecule has 1 unspecified atom stereocenters. The van der Waals surface area contributed by atoms with Gasteiger partial charge in [0.15, 0.2) is 0 Å². The summed E-state index contributed by atoms with van der Waals surface area (Å²) in [6.07, 6.45) is 0.785. The van der Waals surface area contributed by atoms with Gasteiger partial charge in [0.05, 0.1) is 11.3 Å². The molecule has 3 aromatic carbocycles. The maximum absolute atomic E-state index is 12.9. The Hall–Kier alpha value is -4.06. The number of hydrogen-bond donors (Lipinski definition) is 4. The number of carbonyl (C=O) groups excluding carboxylic acids is 2. The van der Waals surface area contributed by atoms with Crippen LogP contribution in [0.4, 0.5) is 22.7 Å². The summed E-state index contributed by atoms with van der Waals surface area (Å²) in [5.74, 6) is -0.234. The summed E-state index contributed by atoms with van der Waals surface area (Å²) in [4.78, 5) is 25.1. The largest absolute Gasteiger partial charge is 0.399 e. The number of amides is 2. The Morgan fingerprint density at radius 1 is 0.969 bits per heavy atom. The fourth-order valence-electron chi connectivity index (χ4n) is 3.55. The van der Waals surface area contributed by atoms with Crippen molar-refractivity contribution in [2.24, 2.45) is 5.92 Å². The van der Waals surface area contributed by atoms with Crippen LogP contribution in [-0.4, -0.2) is 11.8 Å². The highest BCUT2D eigenvalue weighted by Crippen LogP contribution is 2.38. The molecule has 0 saturated carbocycles. The zero-order valence-corrected chi connectivity index (χ0v) is 18.1. The smallest absolute Gasteiger partial charge is 0.258 e. The van der Waals surface area contributed by atoms with E-state index in [9.17, 15) is 9.59 Å². The molecule has 5 N–H and O–H groups in total. The summed E-state index contributed by atoms with van der Waals surface area (Å²) in [7, 11) is 0. The van der Waals surface area contributed by atoms with E-state index in [0.29, 0.717) is 17.0 Å². The fraction of sp³-hybridized carbons (Fsp3) is 0.154. The third-order valence-corrected chi connectivity index (χ3v) is 5.58. The number of nitrogens with two attached hydrogens (primary N) is 1. The van der Waals surface area contributed by atoms with Crippen molar-refractivity contribution >= 4 is 45.8 Å². The molecule has 0 aliphatic carbocycles. The van der Waals surface area contributed by atoms with Crippen LogP contribution in [0.5, 0.6) is 0 Å². The Balaban J connectivity index is 1.70. The van der Waals surface area contributed by atoms with E-state index >= 15 is 0 Å². The first kappa shape index (κ1) is 21.2. The van der Waals surface area contributed by atoms with Gasteiger partial charge in [-0.15, -0.1) is 0 Å². The first-order chi connectivity index (χ1) is 15.5. The van der Waals surface area contributed by atoms with Crippen LogP contribution < -0.4 is 21.7 Å². The minimum Gasteiger partial charge on any atom is -0.399 e. The SMILES string of the molecule is CCC(C)C(=O)Nc1ccc(N/C(=C2\C(=O)Nc3ccc(N)cc32)c2ccccc2)cc1. The van der Waals surface area contributed by atoms with Crippen molar-refractivity contribution in [3.63, 3.8) is 0 Å². The summed E-state index contributed by atoms with van der Waals surface area (Å²) in [6.45, 7) is 3.89. The van der Waals surface area contributed by atoms with Crippen molar-refractivity contribution in [3.05, 3.63) is 83.9 Å². The number of nitrogens with one attached hydrogen (secondary N) is 3. The normalized spacial score (nSPS) is 14.9. The first-order valence-corrected chi connectivity index (χ1v) is 10.6. The number of anilines is 4. The van der Waals surface area contributed by atoms with Crippen LogP contribution in [0.1, 0.15) is 31.4 Å². The van der Waals surface area contributed by atoms with Gasteiger partial charge >= 0.3 is 0 Å². The van der Waals surface area contributed by atoms with Gasteiger partial charge in [0, 0.05) is 34.2 Å². The van der Waals surface area contributed by atoms with E-state index in [4.69, 9.17) is 5.73 Å². The van der Waals surface area contributed by atoms with E-state index in [2.05, 4.69) is 16.0 Å². The fourth-order valence-corrected chi connectivity index (χ4v) is 3.55. The Morgan fingerprint density at radius 2 is 1.62 bits per heavy atom. The van der Waals surface area contributed by atoms with Crippen LogP contribution in [0.25, 0.3) is 11.3 Å². The molecule has 3 aromatic rings. The topological polar surface area (TPSA) is 96.2 Å². The molecule has 4 rings (SSSR count). The summed E-state index contributed by atoms with van der Waals surface area (Å²) >= 11 is 0. The van der Waals surface area contributed by atoms with Crippen molar-refractivity contribution < 1.29 is 9.59 Å². The first-order valence-electron chi connectivity index (χ1n) is 10.6. The highest BCUT2D eigenvalue weighted by Gasteiger charge is 2.28. The van der Waals surface area contributed by atoms with E-state index in [-0.39, 0.29) is 17.7 Å².